The van der Waals surface area contributed by atoms with Gasteiger partial charge in [-0.25, -0.2) is 0 Å². The van der Waals surface area contributed by atoms with Crippen molar-refractivity contribution in [2.75, 3.05) is 4.90 Å². The number of nitrogens with zero attached hydrogens (tertiary/aromatic N) is 1. The van der Waals surface area contributed by atoms with Crippen LogP contribution in [0.4, 0.5) is 17.1 Å². The summed E-state index contributed by atoms with van der Waals surface area (Å²) in [5.74, 6) is 1.62. The van der Waals surface area contributed by atoms with Crippen LogP contribution >= 0.6 is 7.14 Å². The first-order valence-corrected chi connectivity index (χ1v) is 21.8. The molecule has 0 fully saturated rings. The second-order valence-corrected chi connectivity index (χ2v) is 22.5. The van der Waals surface area contributed by atoms with Crippen LogP contribution in [0.3, 0.4) is 0 Å². The Morgan fingerprint density at radius 3 is 1.38 bits per heavy atom. The Kier molecular flexibility index (Phi) is 6.60. The SMILES string of the molecule is O=P1(c2ccc(N3c4ccccc4Oc4ccccc43)cc2)c2cccc[c]2[Ge]([c]2ccccc2)([c]2ccccc2)[c]2ccccc21. The summed E-state index contributed by atoms with van der Waals surface area (Å²) in [5, 5.41) is 2.76. The maximum atomic E-state index is 16.1. The minimum atomic E-state index is -3.57. The monoisotopic (exact) mass is 685 g/mol. The van der Waals surface area contributed by atoms with Crippen molar-refractivity contribution < 1.29 is 9.30 Å². The molecule has 0 unspecified atom stereocenters. The molecule has 0 saturated heterocycles. The second-order valence-electron chi connectivity index (χ2n) is 12.0. The summed E-state index contributed by atoms with van der Waals surface area (Å²) in [6.45, 7) is 0. The summed E-state index contributed by atoms with van der Waals surface area (Å²) in [7, 11) is -3.26. The van der Waals surface area contributed by atoms with Crippen LogP contribution in [-0.2, 0) is 4.57 Å². The predicted octanol–water partition coefficient (Wildman–Crippen LogP) is 6.59. The van der Waals surface area contributed by atoms with Gasteiger partial charge < -0.3 is 0 Å². The molecular weight excluding hydrogens is 654 g/mol. The third-order valence-electron chi connectivity index (χ3n) is 9.61. The van der Waals surface area contributed by atoms with Crippen molar-refractivity contribution in [1.82, 2.24) is 0 Å². The average Bonchev–Trinajstić information content (AvgIpc) is 3.15. The van der Waals surface area contributed by atoms with Crippen molar-refractivity contribution >= 4 is 71.0 Å². The Hall–Kier alpha value is -5.09. The number of ether oxygens (including phenoxy) is 1. The van der Waals surface area contributed by atoms with Gasteiger partial charge >= 0.3 is 279 Å². The number of anilines is 3. The summed E-state index contributed by atoms with van der Waals surface area (Å²) in [5.41, 5.74) is 2.94. The Morgan fingerprint density at radius 1 is 0.447 bits per heavy atom. The van der Waals surface area contributed by atoms with E-state index in [9.17, 15) is 0 Å². The van der Waals surface area contributed by atoms with Crippen LogP contribution in [0.2, 0.25) is 0 Å². The molecule has 3 nitrogen and oxygen atoms in total. The molecule has 0 bridgehead atoms. The topological polar surface area (TPSA) is 29.5 Å². The predicted molar refractivity (Wildman–Crippen MR) is 198 cm³/mol. The molecule has 5 heteroatoms. The molecule has 0 atom stereocenters. The van der Waals surface area contributed by atoms with Gasteiger partial charge in [0, 0.05) is 0 Å². The molecule has 47 heavy (non-hydrogen) atoms. The standard InChI is InChI=1S/C42H30GeNO2P/c45-47(34-29-27-33(28-30-34)44-37-21-9-11-23-39(37)46-40-24-12-10-22-38(40)44)41-25-13-7-19-35(41)43(31-15-3-1-4-16-31,32-17-5-2-6-18-32)36-20-8-14-26-42(36)47/h1-30H. The van der Waals surface area contributed by atoms with Crippen LogP contribution in [0, 0.1) is 0 Å². The zero-order valence-corrected chi connectivity index (χ0v) is 28.5. The van der Waals surface area contributed by atoms with Gasteiger partial charge in [0.2, 0.25) is 0 Å². The molecule has 2 aliphatic rings. The van der Waals surface area contributed by atoms with Crippen molar-refractivity contribution in [2.24, 2.45) is 0 Å². The van der Waals surface area contributed by atoms with Gasteiger partial charge in [0.05, 0.1) is 0 Å². The number of rotatable bonds is 4. The number of para-hydroxylation sites is 4. The first-order chi connectivity index (χ1) is 23.2. The zero-order chi connectivity index (χ0) is 31.4. The maximum absolute atomic E-state index is 16.1. The van der Waals surface area contributed by atoms with Gasteiger partial charge in [-0.15, -0.1) is 0 Å². The van der Waals surface area contributed by atoms with E-state index in [1.807, 2.05) is 36.4 Å². The minimum absolute atomic E-state index is 0.808. The van der Waals surface area contributed by atoms with E-state index < -0.39 is 20.4 Å². The molecule has 0 N–H and O–H groups in total. The van der Waals surface area contributed by atoms with Crippen LogP contribution < -0.4 is 43.1 Å². The van der Waals surface area contributed by atoms with Crippen LogP contribution in [0.15, 0.2) is 182 Å². The molecule has 9 rings (SSSR count). The number of benzene rings is 7. The first kappa shape index (κ1) is 28.2. The van der Waals surface area contributed by atoms with E-state index >= 15 is 4.57 Å². The van der Waals surface area contributed by atoms with Crippen LogP contribution in [0.25, 0.3) is 0 Å². The Labute approximate surface area is 277 Å². The second kappa shape index (κ2) is 11.0. The van der Waals surface area contributed by atoms with Gasteiger partial charge in [0.1, 0.15) is 0 Å². The van der Waals surface area contributed by atoms with Crippen molar-refractivity contribution in [2.45, 2.75) is 0 Å². The molecule has 2 heterocycles. The molecule has 7 aromatic rings. The van der Waals surface area contributed by atoms with Crippen molar-refractivity contribution in [3.05, 3.63) is 182 Å². The third kappa shape index (κ3) is 4.10. The molecule has 224 valence electrons. The van der Waals surface area contributed by atoms with Gasteiger partial charge in [-0.05, 0) is 0 Å². The van der Waals surface area contributed by atoms with Gasteiger partial charge in [0.25, 0.3) is 0 Å². The van der Waals surface area contributed by atoms with E-state index in [4.69, 9.17) is 4.74 Å². The fraction of sp³-hybridized carbons (Fsp3) is 0. The van der Waals surface area contributed by atoms with Gasteiger partial charge in [-0.1, -0.05) is 0 Å². The molecule has 0 saturated carbocycles. The number of fused-ring (bicyclic) bond motifs is 4. The molecular formula is C42H30GeNO2P. The molecule has 0 aliphatic carbocycles. The van der Waals surface area contributed by atoms with Gasteiger partial charge in [-0.3, -0.25) is 0 Å². The van der Waals surface area contributed by atoms with Gasteiger partial charge in [0.15, 0.2) is 0 Å². The van der Waals surface area contributed by atoms with Crippen LogP contribution in [0.1, 0.15) is 0 Å². The van der Waals surface area contributed by atoms with Crippen molar-refractivity contribution in [3.63, 3.8) is 0 Å². The summed E-state index contributed by atoms with van der Waals surface area (Å²) in [6, 6.07) is 63.6. The normalized spacial score (nSPS) is 14.9. The van der Waals surface area contributed by atoms with E-state index in [1.165, 1.54) is 17.6 Å². The van der Waals surface area contributed by atoms with Crippen molar-refractivity contribution in [3.8, 4) is 11.5 Å². The fourth-order valence-electron chi connectivity index (χ4n) is 7.64. The molecule has 0 amide bonds. The molecule has 0 aromatic heterocycles. The molecule has 0 radical (unpaired) electrons. The third-order valence-corrected chi connectivity index (χ3v) is 23.9. The first-order valence-electron chi connectivity index (χ1n) is 15.9. The molecule has 0 spiro atoms. The van der Waals surface area contributed by atoms with Crippen molar-refractivity contribution in [1.29, 1.82) is 0 Å². The Balaban J connectivity index is 1.27. The van der Waals surface area contributed by atoms with E-state index in [-0.39, 0.29) is 0 Å². The molecule has 2 aliphatic heterocycles. The summed E-state index contributed by atoms with van der Waals surface area (Å²) < 4.78 is 27.5. The number of hydrogen-bond acceptors (Lipinski definition) is 3. The molecule has 7 aromatic carbocycles. The average molecular weight is 684 g/mol. The van der Waals surface area contributed by atoms with Gasteiger partial charge in [-0.2, -0.15) is 0 Å². The van der Waals surface area contributed by atoms with E-state index in [2.05, 4.69) is 150 Å². The summed E-state index contributed by atoms with van der Waals surface area (Å²) in [6.07, 6.45) is 0. The number of hydrogen-bond donors (Lipinski definition) is 0. The zero-order valence-electron chi connectivity index (χ0n) is 25.5. The van der Waals surface area contributed by atoms with Crippen LogP contribution in [0.5, 0.6) is 11.5 Å². The fourth-order valence-corrected chi connectivity index (χ4v) is 24.4. The summed E-state index contributed by atoms with van der Waals surface area (Å²) in [4.78, 5) is 2.22. The van der Waals surface area contributed by atoms with E-state index in [0.717, 1.165) is 44.5 Å². The Bertz CT molecular complexity index is 2180. The quantitative estimate of drug-likeness (QED) is 0.155. The van der Waals surface area contributed by atoms with Crippen LogP contribution in [-0.4, -0.2) is 13.3 Å². The Morgan fingerprint density at radius 2 is 0.872 bits per heavy atom. The van der Waals surface area contributed by atoms with E-state index in [1.54, 1.807) is 0 Å². The van der Waals surface area contributed by atoms with E-state index in [0.29, 0.717) is 0 Å². The summed E-state index contributed by atoms with van der Waals surface area (Å²) >= 11 is -3.57.